The van der Waals surface area contributed by atoms with Gasteiger partial charge in [0, 0.05) is 16.8 Å². The SMILES string of the molecule is CCOC(=O)Cn1cccc1C=C1Sc2ccccc2NC1=O. The average Bonchev–Trinajstić information content (AvgIpc) is 2.95. The fourth-order valence-electron chi connectivity index (χ4n) is 2.29. The van der Waals surface area contributed by atoms with Gasteiger partial charge >= 0.3 is 5.97 Å². The maximum absolute atomic E-state index is 12.2. The van der Waals surface area contributed by atoms with E-state index in [-0.39, 0.29) is 18.4 Å². The molecule has 5 nitrogen and oxygen atoms in total. The van der Waals surface area contributed by atoms with Gasteiger partial charge in [0.15, 0.2) is 0 Å². The van der Waals surface area contributed by atoms with Gasteiger partial charge in [-0.3, -0.25) is 9.59 Å². The number of amides is 1. The number of benzene rings is 1. The molecule has 1 aromatic heterocycles. The van der Waals surface area contributed by atoms with E-state index >= 15 is 0 Å². The summed E-state index contributed by atoms with van der Waals surface area (Å²) in [4.78, 5) is 25.4. The second kappa shape index (κ2) is 6.75. The molecule has 23 heavy (non-hydrogen) atoms. The highest BCUT2D eigenvalue weighted by molar-refractivity contribution is 8.04. The molecule has 2 heterocycles. The Balaban J connectivity index is 1.84. The number of carbonyl (C=O) groups excluding carboxylic acids is 2. The fourth-order valence-corrected chi connectivity index (χ4v) is 3.22. The molecule has 1 aliphatic heterocycles. The molecule has 0 radical (unpaired) electrons. The summed E-state index contributed by atoms with van der Waals surface area (Å²) in [7, 11) is 0. The van der Waals surface area contributed by atoms with E-state index in [1.165, 1.54) is 11.8 Å². The van der Waals surface area contributed by atoms with Gasteiger partial charge in [-0.05, 0) is 37.3 Å². The third-order valence-electron chi connectivity index (χ3n) is 3.33. The number of aromatic nitrogens is 1. The lowest BCUT2D eigenvalue weighted by atomic mass is 10.3. The largest absolute Gasteiger partial charge is 0.465 e. The van der Waals surface area contributed by atoms with Gasteiger partial charge in [-0.1, -0.05) is 23.9 Å². The highest BCUT2D eigenvalue weighted by Gasteiger charge is 2.21. The smallest absolute Gasteiger partial charge is 0.325 e. The molecule has 0 bridgehead atoms. The number of anilines is 1. The van der Waals surface area contributed by atoms with Gasteiger partial charge in [0.05, 0.1) is 17.2 Å². The number of nitrogens with one attached hydrogen (secondary N) is 1. The summed E-state index contributed by atoms with van der Waals surface area (Å²) < 4.78 is 6.73. The summed E-state index contributed by atoms with van der Waals surface area (Å²) in [5, 5.41) is 2.87. The van der Waals surface area contributed by atoms with E-state index in [2.05, 4.69) is 5.32 Å². The molecule has 1 amide bonds. The van der Waals surface area contributed by atoms with Crippen molar-refractivity contribution in [2.45, 2.75) is 18.4 Å². The molecule has 0 saturated carbocycles. The van der Waals surface area contributed by atoms with E-state index in [4.69, 9.17) is 4.74 Å². The van der Waals surface area contributed by atoms with Crippen molar-refractivity contribution in [1.82, 2.24) is 4.57 Å². The minimum absolute atomic E-state index is 0.128. The van der Waals surface area contributed by atoms with E-state index in [1.54, 1.807) is 23.8 Å². The van der Waals surface area contributed by atoms with Crippen LogP contribution in [-0.4, -0.2) is 23.1 Å². The summed E-state index contributed by atoms with van der Waals surface area (Å²) in [6.45, 7) is 2.26. The molecule has 0 aliphatic carbocycles. The van der Waals surface area contributed by atoms with Crippen molar-refractivity contribution in [3.8, 4) is 0 Å². The summed E-state index contributed by atoms with van der Waals surface area (Å²) in [5.41, 5.74) is 1.61. The number of thioether (sulfide) groups is 1. The first kappa shape index (κ1) is 15.4. The van der Waals surface area contributed by atoms with Crippen molar-refractivity contribution in [3.05, 3.63) is 53.2 Å². The van der Waals surface area contributed by atoms with Crippen molar-refractivity contribution < 1.29 is 14.3 Å². The molecule has 2 aromatic rings. The summed E-state index contributed by atoms with van der Waals surface area (Å²) >= 11 is 1.42. The Kier molecular flexibility index (Phi) is 4.52. The van der Waals surface area contributed by atoms with Gasteiger partial charge in [0.2, 0.25) is 0 Å². The number of hydrogen-bond acceptors (Lipinski definition) is 4. The first-order valence-electron chi connectivity index (χ1n) is 7.28. The Hall–Kier alpha value is -2.47. The van der Waals surface area contributed by atoms with Crippen LogP contribution in [0.15, 0.2) is 52.4 Å². The molecule has 1 N–H and O–H groups in total. The Bertz CT molecular complexity index is 780. The van der Waals surface area contributed by atoms with Crippen LogP contribution in [0.2, 0.25) is 0 Å². The number of hydrogen-bond donors (Lipinski definition) is 1. The third-order valence-corrected chi connectivity index (χ3v) is 4.43. The van der Waals surface area contributed by atoms with Crippen molar-refractivity contribution in [1.29, 1.82) is 0 Å². The van der Waals surface area contributed by atoms with Gasteiger partial charge in [-0.15, -0.1) is 0 Å². The Morgan fingerprint density at radius 3 is 2.96 bits per heavy atom. The standard InChI is InChI=1S/C17H16N2O3S/c1-2-22-16(20)11-19-9-5-6-12(19)10-15-17(21)18-13-7-3-4-8-14(13)23-15/h3-10H,2,11H2,1H3,(H,18,21). The molecule has 118 valence electrons. The molecule has 1 aliphatic rings. The highest BCUT2D eigenvalue weighted by atomic mass is 32.2. The van der Waals surface area contributed by atoms with Crippen LogP contribution in [0.3, 0.4) is 0 Å². The van der Waals surface area contributed by atoms with Crippen LogP contribution >= 0.6 is 11.8 Å². The monoisotopic (exact) mass is 328 g/mol. The zero-order valence-corrected chi connectivity index (χ0v) is 13.4. The Morgan fingerprint density at radius 1 is 1.30 bits per heavy atom. The van der Waals surface area contributed by atoms with E-state index in [1.807, 2.05) is 36.4 Å². The third kappa shape index (κ3) is 3.48. The van der Waals surface area contributed by atoms with Crippen molar-refractivity contribution >= 4 is 35.4 Å². The molecule has 0 atom stereocenters. The number of para-hydroxylation sites is 1. The highest BCUT2D eigenvalue weighted by Crippen LogP contribution is 2.38. The second-order valence-corrected chi connectivity index (χ2v) is 6.01. The molecule has 0 saturated heterocycles. The minimum Gasteiger partial charge on any atom is -0.465 e. The molecular weight excluding hydrogens is 312 g/mol. The molecular formula is C17H16N2O3S. The lowest BCUT2D eigenvalue weighted by molar-refractivity contribution is -0.143. The van der Waals surface area contributed by atoms with Crippen molar-refractivity contribution in [2.75, 3.05) is 11.9 Å². The van der Waals surface area contributed by atoms with Crippen LogP contribution in [0, 0.1) is 0 Å². The first-order chi connectivity index (χ1) is 11.2. The quantitative estimate of drug-likeness (QED) is 0.692. The van der Waals surface area contributed by atoms with Gasteiger partial charge in [-0.25, -0.2) is 0 Å². The number of carbonyl (C=O) groups is 2. The predicted molar refractivity (Wildman–Crippen MR) is 90.0 cm³/mol. The van der Waals surface area contributed by atoms with E-state index in [0.717, 1.165) is 16.3 Å². The van der Waals surface area contributed by atoms with Gasteiger partial charge in [0.1, 0.15) is 6.54 Å². The number of ether oxygens (including phenoxy) is 1. The predicted octanol–water partition coefficient (Wildman–Crippen LogP) is 3.14. The maximum Gasteiger partial charge on any atom is 0.325 e. The number of nitrogens with zero attached hydrogens (tertiary/aromatic N) is 1. The van der Waals surface area contributed by atoms with Crippen molar-refractivity contribution in [3.63, 3.8) is 0 Å². The lowest BCUT2D eigenvalue weighted by Crippen LogP contribution is -2.18. The molecule has 0 unspecified atom stereocenters. The first-order valence-corrected chi connectivity index (χ1v) is 8.09. The maximum atomic E-state index is 12.2. The molecule has 6 heteroatoms. The summed E-state index contributed by atoms with van der Waals surface area (Å²) in [6, 6.07) is 11.4. The summed E-state index contributed by atoms with van der Waals surface area (Å²) in [5.74, 6) is -0.438. The van der Waals surface area contributed by atoms with E-state index in [9.17, 15) is 9.59 Å². The van der Waals surface area contributed by atoms with Crippen LogP contribution in [0.4, 0.5) is 5.69 Å². The molecule has 0 fully saturated rings. The van der Waals surface area contributed by atoms with Crippen LogP contribution < -0.4 is 5.32 Å². The van der Waals surface area contributed by atoms with E-state index < -0.39 is 0 Å². The topological polar surface area (TPSA) is 60.3 Å². The number of fused-ring (bicyclic) bond motifs is 1. The fraction of sp³-hybridized carbons (Fsp3) is 0.176. The average molecular weight is 328 g/mol. The Labute approximate surface area is 138 Å². The zero-order valence-electron chi connectivity index (χ0n) is 12.6. The second-order valence-electron chi connectivity index (χ2n) is 4.93. The normalized spacial score (nSPS) is 15.2. The van der Waals surface area contributed by atoms with Gasteiger partial charge in [-0.2, -0.15) is 0 Å². The lowest BCUT2D eigenvalue weighted by Gasteiger charge is -2.18. The van der Waals surface area contributed by atoms with Crippen molar-refractivity contribution in [2.24, 2.45) is 0 Å². The van der Waals surface area contributed by atoms with Crippen LogP contribution in [0.1, 0.15) is 12.6 Å². The number of esters is 1. The van der Waals surface area contributed by atoms with Crippen LogP contribution in [0.5, 0.6) is 0 Å². The van der Waals surface area contributed by atoms with Gasteiger partial charge in [0.25, 0.3) is 5.91 Å². The molecule has 0 spiro atoms. The Morgan fingerprint density at radius 2 is 2.13 bits per heavy atom. The van der Waals surface area contributed by atoms with Crippen LogP contribution in [-0.2, 0) is 20.9 Å². The molecule has 3 rings (SSSR count). The van der Waals surface area contributed by atoms with Crippen LogP contribution in [0.25, 0.3) is 6.08 Å². The van der Waals surface area contributed by atoms with E-state index in [0.29, 0.717) is 11.5 Å². The minimum atomic E-state index is -0.297. The zero-order chi connectivity index (χ0) is 16.2. The number of rotatable bonds is 4. The molecule has 1 aromatic carbocycles. The van der Waals surface area contributed by atoms with Gasteiger partial charge < -0.3 is 14.6 Å². The summed E-state index contributed by atoms with van der Waals surface area (Å²) in [6.07, 6.45) is 3.58.